The maximum atomic E-state index is 6.42. The third-order valence-electron chi connectivity index (χ3n) is 8.04. The minimum Gasteiger partial charge on any atom is -0.497 e. The van der Waals surface area contributed by atoms with E-state index in [2.05, 4.69) is 45.0 Å². The molecule has 0 amide bonds. The van der Waals surface area contributed by atoms with Crippen LogP contribution in [-0.2, 0) is 12.8 Å². The van der Waals surface area contributed by atoms with Crippen molar-refractivity contribution in [2.75, 3.05) is 57.8 Å². The van der Waals surface area contributed by atoms with Gasteiger partial charge in [0, 0.05) is 44.8 Å². The molecule has 1 spiro atoms. The summed E-state index contributed by atoms with van der Waals surface area (Å²) in [6.07, 6.45) is 7.73. The number of anilines is 1. The van der Waals surface area contributed by atoms with E-state index in [1.807, 2.05) is 12.1 Å². The van der Waals surface area contributed by atoms with Gasteiger partial charge in [-0.1, -0.05) is 36.2 Å². The summed E-state index contributed by atoms with van der Waals surface area (Å²) in [7, 11) is 1.77. The van der Waals surface area contributed by atoms with Crippen LogP contribution in [0.5, 0.6) is 5.75 Å². The predicted molar refractivity (Wildman–Crippen MR) is 148 cm³/mol. The van der Waals surface area contributed by atoms with E-state index in [0.717, 1.165) is 37.0 Å². The molecule has 0 N–H and O–H groups in total. The van der Waals surface area contributed by atoms with Crippen LogP contribution in [0.4, 0.5) is 5.69 Å². The molecule has 1 unspecified atom stereocenters. The molecular weight excluding hydrogens is 489 g/mol. The number of halogens is 3. The Morgan fingerprint density at radius 3 is 2.44 bits per heavy atom. The number of likely N-dealkylation sites (tertiary alicyclic amines) is 1. The highest BCUT2D eigenvalue weighted by molar-refractivity contribution is 6.33. The lowest BCUT2D eigenvalue weighted by Crippen LogP contribution is -2.57. The normalized spacial score (nSPS) is 23.1. The second-order valence-electron chi connectivity index (χ2n) is 9.76. The van der Waals surface area contributed by atoms with Gasteiger partial charge < -0.3 is 9.64 Å². The number of rotatable bonds is 5. The SMILES string of the molecule is COc1ccc2c(c1)CCC1(CCCCN1CCN1CCN(c3ccccc3Cl)CC1)C2.Cl.Cl. The van der Waals surface area contributed by atoms with Crippen molar-refractivity contribution in [1.82, 2.24) is 9.80 Å². The van der Waals surface area contributed by atoms with Crippen LogP contribution < -0.4 is 9.64 Å². The monoisotopic (exact) mass is 525 g/mol. The average molecular weight is 527 g/mol. The number of methoxy groups -OCH3 is 1. The highest BCUT2D eigenvalue weighted by Gasteiger charge is 2.41. The highest BCUT2D eigenvalue weighted by Crippen LogP contribution is 2.40. The number of hydrogen-bond donors (Lipinski definition) is 0. The standard InChI is InChI=1S/C27H36ClN3O.2ClH/c1-32-24-9-8-23-21-27(12-10-22(23)20-24)11-4-5-13-31(27)19-16-29-14-17-30(18-15-29)26-7-3-2-6-25(26)28;;/h2-3,6-9,20H,4-5,10-19,21H2,1H3;2*1H. The molecule has 2 saturated heterocycles. The van der Waals surface area contributed by atoms with Gasteiger partial charge in [-0.05, 0) is 74.0 Å². The summed E-state index contributed by atoms with van der Waals surface area (Å²) in [6, 6.07) is 15.0. The lowest BCUT2D eigenvalue weighted by Gasteiger charge is -2.51. The lowest BCUT2D eigenvalue weighted by atomic mass is 9.72. The molecule has 2 aromatic carbocycles. The topological polar surface area (TPSA) is 19.0 Å². The zero-order valence-electron chi connectivity index (χ0n) is 20.2. The summed E-state index contributed by atoms with van der Waals surface area (Å²) in [6.45, 7) is 7.98. The molecule has 2 aliphatic heterocycles. The molecule has 5 rings (SSSR count). The third-order valence-corrected chi connectivity index (χ3v) is 8.35. The Morgan fingerprint density at radius 2 is 1.68 bits per heavy atom. The summed E-state index contributed by atoms with van der Waals surface area (Å²) >= 11 is 6.42. The maximum absolute atomic E-state index is 6.42. The molecule has 2 aromatic rings. The maximum Gasteiger partial charge on any atom is 0.119 e. The third kappa shape index (κ3) is 5.79. The zero-order valence-corrected chi connectivity index (χ0v) is 22.6. The van der Waals surface area contributed by atoms with E-state index in [-0.39, 0.29) is 24.8 Å². The van der Waals surface area contributed by atoms with E-state index in [0.29, 0.717) is 5.54 Å². The Kier molecular flexibility index (Phi) is 9.83. The van der Waals surface area contributed by atoms with Gasteiger partial charge in [0.2, 0.25) is 0 Å². The van der Waals surface area contributed by atoms with Crippen molar-refractivity contribution in [2.45, 2.75) is 44.1 Å². The fraction of sp³-hybridized carbons (Fsp3) is 0.556. The largest absolute Gasteiger partial charge is 0.497 e. The summed E-state index contributed by atoms with van der Waals surface area (Å²) in [5, 5.41) is 0.867. The fourth-order valence-electron chi connectivity index (χ4n) is 6.11. The Hall–Kier alpha value is -1.17. The molecule has 2 heterocycles. The number of piperidine rings is 1. The van der Waals surface area contributed by atoms with Gasteiger partial charge in [-0.15, -0.1) is 24.8 Å². The number of para-hydroxylation sites is 1. The smallest absolute Gasteiger partial charge is 0.119 e. The molecule has 4 nitrogen and oxygen atoms in total. The van der Waals surface area contributed by atoms with Crippen molar-refractivity contribution in [3.05, 3.63) is 58.6 Å². The van der Waals surface area contributed by atoms with Crippen LogP contribution >= 0.6 is 36.4 Å². The Bertz CT molecular complexity index is 935. The van der Waals surface area contributed by atoms with Gasteiger partial charge in [0.1, 0.15) is 5.75 Å². The second-order valence-corrected chi connectivity index (χ2v) is 10.2. The number of aryl methyl sites for hydroxylation is 1. The summed E-state index contributed by atoms with van der Waals surface area (Å²) in [4.78, 5) is 7.94. The molecule has 7 heteroatoms. The van der Waals surface area contributed by atoms with Gasteiger partial charge >= 0.3 is 0 Å². The molecule has 0 saturated carbocycles. The van der Waals surface area contributed by atoms with E-state index < -0.39 is 0 Å². The molecule has 2 fully saturated rings. The fourth-order valence-corrected chi connectivity index (χ4v) is 6.37. The first kappa shape index (κ1) is 27.4. The predicted octanol–water partition coefficient (Wildman–Crippen LogP) is 5.73. The lowest BCUT2D eigenvalue weighted by molar-refractivity contribution is 0.0252. The molecule has 3 aliphatic rings. The van der Waals surface area contributed by atoms with Crippen molar-refractivity contribution in [3.8, 4) is 5.75 Å². The average Bonchev–Trinajstić information content (AvgIpc) is 2.84. The first-order chi connectivity index (χ1) is 15.7. The second kappa shape index (κ2) is 12.2. The highest BCUT2D eigenvalue weighted by atomic mass is 35.5. The molecule has 34 heavy (non-hydrogen) atoms. The minimum atomic E-state index is 0. The number of benzene rings is 2. The first-order valence-electron chi connectivity index (χ1n) is 12.3. The van der Waals surface area contributed by atoms with E-state index in [1.54, 1.807) is 7.11 Å². The van der Waals surface area contributed by atoms with Crippen molar-refractivity contribution < 1.29 is 4.74 Å². The number of piperazine rings is 1. The summed E-state index contributed by atoms with van der Waals surface area (Å²) < 4.78 is 5.46. The number of hydrogen-bond acceptors (Lipinski definition) is 4. The van der Waals surface area contributed by atoms with Crippen LogP contribution in [0.3, 0.4) is 0 Å². The van der Waals surface area contributed by atoms with Crippen LogP contribution in [0.2, 0.25) is 5.02 Å². The molecule has 1 atom stereocenters. The zero-order chi connectivity index (χ0) is 22.0. The van der Waals surface area contributed by atoms with E-state index in [1.165, 1.54) is 75.0 Å². The van der Waals surface area contributed by atoms with Crippen molar-refractivity contribution in [2.24, 2.45) is 0 Å². The Balaban J connectivity index is 0.00000162. The van der Waals surface area contributed by atoms with Crippen LogP contribution in [0.15, 0.2) is 42.5 Å². The first-order valence-corrected chi connectivity index (χ1v) is 12.7. The number of fused-ring (bicyclic) bond motifs is 1. The number of ether oxygens (including phenoxy) is 1. The quantitative estimate of drug-likeness (QED) is 0.495. The van der Waals surface area contributed by atoms with Gasteiger partial charge in [-0.2, -0.15) is 0 Å². The van der Waals surface area contributed by atoms with E-state index in [9.17, 15) is 0 Å². The van der Waals surface area contributed by atoms with E-state index >= 15 is 0 Å². The molecule has 0 aromatic heterocycles. The van der Waals surface area contributed by atoms with Gasteiger partial charge in [0.05, 0.1) is 17.8 Å². The molecule has 0 bridgehead atoms. The van der Waals surface area contributed by atoms with Gasteiger partial charge in [0.15, 0.2) is 0 Å². The Morgan fingerprint density at radius 1 is 0.882 bits per heavy atom. The Labute approximate surface area is 222 Å². The van der Waals surface area contributed by atoms with Crippen LogP contribution in [0.25, 0.3) is 0 Å². The van der Waals surface area contributed by atoms with E-state index in [4.69, 9.17) is 16.3 Å². The van der Waals surface area contributed by atoms with Crippen molar-refractivity contribution in [3.63, 3.8) is 0 Å². The van der Waals surface area contributed by atoms with Crippen LogP contribution in [0, 0.1) is 0 Å². The van der Waals surface area contributed by atoms with Gasteiger partial charge in [-0.3, -0.25) is 9.80 Å². The molecular formula is C27H38Cl3N3O. The summed E-state index contributed by atoms with van der Waals surface area (Å²) in [5.74, 6) is 0.996. The van der Waals surface area contributed by atoms with Crippen LogP contribution in [-0.4, -0.2) is 68.3 Å². The molecule has 1 aliphatic carbocycles. The molecule has 0 radical (unpaired) electrons. The number of nitrogens with zero attached hydrogens (tertiary/aromatic N) is 3. The summed E-state index contributed by atoms with van der Waals surface area (Å²) in [5.41, 5.74) is 4.58. The van der Waals surface area contributed by atoms with Gasteiger partial charge in [-0.25, -0.2) is 0 Å². The van der Waals surface area contributed by atoms with Crippen LogP contribution in [0.1, 0.15) is 36.8 Å². The van der Waals surface area contributed by atoms with Gasteiger partial charge in [0.25, 0.3) is 0 Å². The van der Waals surface area contributed by atoms with Crippen molar-refractivity contribution >= 4 is 42.1 Å². The minimum absolute atomic E-state index is 0. The van der Waals surface area contributed by atoms with Crippen molar-refractivity contribution in [1.29, 1.82) is 0 Å². The molecule has 188 valence electrons.